The Bertz CT molecular complexity index is 563. The predicted octanol–water partition coefficient (Wildman–Crippen LogP) is 2.73. The number of nitrogens with zero attached hydrogens (tertiary/aromatic N) is 2. The summed E-state index contributed by atoms with van der Waals surface area (Å²) in [5.74, 6) is 0.721. The number of aryl methyl sites for hydroxylation is 1. The molecule has 17 heavy (non-hydrogen) atoms. The van der Waals surface area contributed by atoms with Crippen LogP contribution in [0.15, 0.2) is 18.2 Å². The first-order valence-electron chi connectivity index (χ1n) is 5.20. The van der Waals surface area contributed by atoms with E-state index in [2.05, 4.69) is 5.10 Å². The topological polar surface area (TPSA) is 53.1 Å². The van der Waals surface area contributed by atoms with Gasteiger partial charge in [-0.3, -0.25) is 0 Å². The molecule has 0 spiro atoms. The molecule has 0 amide bonds. The lowest BCUT2D eigenvalue weighted by molar-refractivity contribution is 0.415. The summed E-state index contributed by atoms with van der Waals surface area (Å²) >= 11 is 6.11. The molecule has 2 aromatic rings. The average molecular weight is 252 g/mol. The van der Waals surface area contributed by atoms with Crippen LogP contribution in [0.1, 0.15) is 11.4 Å². The minimum atomic E-state index is 0.603. The summed E-state index contributed by atoms with van der Waals surface area (Å²) in [4.78, 5) is 0. The van der Waals surface area contributed by atoms with Crippen LogP contribution in [0.5, 0.6) is 5.75 Å². The monoisotopic (exact) mass is 251 g/mol. The normalized spacial score (nSPS) is 10.6. The molecule has 1 aromatic carbocycles. The van der Waals surface area contributed by atoms with Crippen molar-refractivity contribution in [1.29, 1.82) is 0 Å². The molecule has 0 saturated carbocycles. The van der Waals surface area contributed by atoms with Crippen molar-refractivity contribution < 1.29 is 4.74 Å². The average Bonchev–Trinajstić information content (AvgIpc) is 2.57. The molecule has 0 atom stereocenters. The van der Waals surface area contributed by atoms with E-state index in [9.17, 15) is 0 Å². The number of rotatable bonds is 2. The summed E-state index contributed by atoms with van der Waals surface area (Å²) in [7, 11) is 1.61. The van der Waals surface area contributed by atoms with Gasteiger partial charge in [0.15, 0.2) is 0 Å². The second-order valence-corrected chi connectivity index (χ2v) is 4.20. The number of methoxy groups -OCH3 is 1. The number of nitrogens with two attached hydrogens (primary N) is 1. The highest BCUT2D eigenvalue weighted by Crippen LogP contribution is 2.27. The molecule has 0 aliphatic rings. The Morgan fingerprint density at radius 3 is 2.53 bits per heavy atom. The molecular weight excluding hydrogens is 238 g/mol. The van der Waals surface area contributed by atoms with Crippen molar-refractivity contribution in [3.05, 3.63) is 34.6 Å². The van der Waals surface area contributed by atoms with Gasteiger partial charge in [0.2, 0.25) is 0 Å². The van der Waals surface area contributed by atoms with E-state index in [1.807, 2.05) is 26.0 Å². The summed E-state index contributed by atoms with van der Waals surface area (Å²) in [5.41, 5.74) is 9.05. The maximum Gasteiger partial charge on any atom is 0.121 e. The molecule has 0 bridgehead atoms. The largest absolute Gasteiger partial charge is 0.497 e. The van der Waals surface area contributed by atoms with Crippen LogP contribution >= 0.6 is 11.6 Å². The zero-order valence-electron chi connectivity index (χ0n) is 9.99. The summed E-state index contributed by atoms with van der Waals surface area (Å²) in [6, 6.07) is 5.47. The van der Waals surface area contributed by atoms with Crippen molar-refractivity contribution in [3.8, 4) is 11.4 Å². The number of anilines is 1. The van der Waals surface area contributed by atoms with Crippen LogP contribution in [0.2, 0.25) is 5.02 Å². The van der Waals surface area contributed by atoms with Gasteiger partial charge in [-0.05, 0) is 26.0 Å². The maximum absolute atomic E-state index is 6.11. The van der Waals surface area contributed by atoms with Crippen LogP contribution in [-0.2, 0) is 0 Å². The van der Waals surface area contributed by atoms with E-state index in [0.29, 0.717) is 10.7 Å². The molecule has 4 nitrogen and oxygen atoms in total. The van der Waals surface area contributed by atoms with Crippen molar-refractivity contribution in [3.63, 3.8) is 0 Å². The van der Waals surface area contributed by atoms with Gasteiger partial charge in [-0.2, -0.15) is 5.10 Å². The van der Waals surface area contributed by atoms with Crippen LogP contribution in [0.3, 0.4) is 0 Å². The highest BCUT2D eigenvalue weighted by Gasteiger charge is 2.12. The standard InChI is InChI=1S/C12H14ClN3O/c1-7-12(13)8(2)16(15-7)11-5-4-9(17-3)6-10(11)14/h4-6H,14H2,1-3H3. The maximum atomic E-state index is 6.11. The molecule has 0 unspecified atom stereocenters. The van der Waals surface area contributed by atoms with Crippen molar-refractivity contribution in [1.82, 2.24) is 9.78 Å². The first kappa shape index (κ1) is 11.8. The summed E-state index contributed by atoms with van der Waals surface area (Å²) in [6.07, 6.45) is 0. The Morgan fingerprint density at radius 1 is 1.35 bits per heavy atom. The smallest absolute Gasteiger partial charge is 0.121 e. The molecule has 1 heterocycles. The summed E-state index contributed by atoms with van der Waals surface area (Å²) in [5, 5.41) is 5.03. The molecule has 1 aromatic heterocycles. The molecule has 0 radical (unpaired) electrons. The van der Waals surface area contributed by atoms with Crippen LogP contribution in [0.4, 0.5) is 5.69 Å². The zero-order valence-corrected chi connectivity index (χ0v) is 10.7. The van der Waals surface area contributed by atoms with Gasteiger partial charge in [-0.25, -0.2) is 4.68 Å². The van der Waals surface area contributed by atoms with Crippen molar-refractivity contribution in [2.45, 2.75) is 13.8 Å². The molecule has 2 N–H and O–H groups in total. The Labute approximate surface area is 105 Å². The molecule has 0 aliphatic heterocycles. The molecule has 0 fully saturated rings. The lowest BCUT2D eigenvalue weighted by atomic mass is 10.2. The third kappa shape index (κ3) is 1.96. The van der Waals surface area contributed by atoms with Crippen LogP contribution < -0.4 is 10.5 Å². The Hall–Kier alpha value is -1.68. The quantitative estimate of drug-likeness (QED) is 0.835. The number of hydrogen-bond acceptors (Lipinski definition) is 3. The SMILES string of the molecule is COc1ccc(-n2nc(C)c(Cl)c2C)c(N)c1. The highest BCUT2D eigenvalue weighted by atomic mass is 35.5. The molecule has 0 saturated heterocycles. The van der Waals surface area contributed by atoms with Gasteiger partial charge in [-0.1, -0.05) is 11.6 Å². The lowest BCUT2D eigenvalue weighted by Crippen LogP contribution is -2.03. The van der Waals surface area contributed by atoms with Gasteiger partial charge in [0.05, 0.1) is 34.9 Å². The first-order chi connectivity index (χ1) is 8.04. The van der Waals surface area contributed by atoms with E-state index >= 15 is 0 Å². The Kier molecular flexibility index (Phi) is 2.98. The first-order valence-corrected chi connectivity index (χ1v) is 5.58. The number of aromatic nitrogens is 2. The van der Waals surface area contributed by atoms with Crippen LogP contribution in [-0.4, -0.2) is 16.9 Å². The molecule has 2 rings (SSSR count). The van der Waals surface area contributed by atoms with Crippen molar-refractivity contribution in [2.24, 2.45) is 0 Å². The van der Waals surface area contributed by atoms with Crippen molar-refractivity contribution >= 4 is 17.3 Å². The van der Waals surface area contributed by atoms with Gasteiger partial charge in [-0.15, -0.1) is 0 Å². The number of nitrogen functional groups attached to an aromatic ring is 1. The third-order valence-electron chi connectivity index (χ3n) is 2.67. The van der Waals surface area contributed by atoms with E-state index < -0.39 is 0 Å². The molecule has 5 heteroatoms. The van der Waals surface area contributed by atoms with E-state index in [-0.39, 0.29) is 0 Å². The minimum absolute atomic E-state index is 0.603. The van der Waals surface area contributed by atoms with Gasteiger partial charge >= 0.3 is 0 Å². The number of hydrogen-bond donors (Lipinski definition) is 1. The van der Waals surface area contributed by atoms with E-state index in [1.54, 1.807) is 17.9 Å². The minimum Gasteiger partial charge on any atom is -0.497 e. The second kappa shape index (κ2) is 4.30. The molecule has 90 valence electrons. The molecular formula is C12H14ClN3O. The van der Waals surface area contributed by atoms with E-state index in [4.69, 9.17) is 22.1 Å². The number of ether oxygens (including phenoxy) is 1. The third-order valence-corrected chi connectivity index (χ3v) is 3.21. The fourth-order valence-corrected chi connectivity index (χ4v) is 1.83. The zero-order chi connectivity index (χ0) is 12.6. The highest BCUT2D eigenvalue weighted by molar-refractivity contribution is 6.31. The van der Waals surface area contributed by atoms with Crippen LogP contribution in [0.25, 0.3) is 5.69 Å². The predicted molar refractivity (Wildman–Crippen MR) is 69.0 cm³/mol. The van der Waals surface area contributed by atoms with Gasteiger partial charge in [0, 0.05) is 6.07 Å². The van der Waals surface area contributed by atoms with Gasteiger partial charge in [0.1, 0.15) is 5.75 Å². The Morgan fingerprint density at radius 2 is 2.06 bits per heavy atom. The summed E-state index contributed by atoms with van der Waals surface area (Å²) in [6.45, 7) is 3.78. The fourth-order valence-electron chi connectivity index (χ4n) is 1.71. The molecule has 0 aliphatic carbocycles. The van der Waals surface area contributed by atoms with Crippen molar-refractivity contribution in [2.75, 3.05) is 12.8 Å². The Balaban J connectivity index is 2.57. The second-order valence-electron chi connectivity index (χ2n) is 3.82. The lowest BCUT2D eigenvalue weighted by Gasteiger charge is -2.09. The van der Waals surface area contributed by atoms with Gasteiger partial charge in [0.25, 0.3) is 0 Å². The number of benzene rings is 1. The fraction of sp³-hybridized carbons (Fsp3) is 0.250. The van der Waals surface area contributed by atoms with E-state index in [1.165, 1.54) is 0 Å². The van der Waals surface area contributed by atoms with E-state index in [0.717, 1.165) is 22.8 Å². The summed E-state index contributed by atoms with van der Waals surface area (Å²) < 4.78 is 6.85. The van der Waals surface area contributed by atoms with Gasteiger partial charge < -0.3 is 10.5 Å². The number of halogens is 1. The van der Waals surface area contributed by atoms with Crippen LogP contribution in [0, 0.1) is 13.8 Å².